The fraction of sp³-hybridized carbons (Fsp3) is 1.00. The first-order valence-corrected chi connectivity index (χ1v) is 2.60. The lowest BCUT2D eigenvalue weighted by Gasteiger charge is -2.18. The summed E-state index contributed by atoms with van der Waals surface area (Å²) in [5, 5.41) is 20.2. The van der Waals surface area contributed by atoms with Crippen LogP contribution in [0.1, 0.15) is 6.92 Å². The summed E-state index contributed by atoms with van der Waals surface area (Å²) in [6, 6.07) is 0. The van der Waals surface area contributed by atoms with Crippen molar-refractivity contribution in [3.63, 3.8) is 0 Å². The minimum Gasteiger partial charge on any atom is -0.393 e. The molecule has 0 aliphatic carbocycles. The molecule has 0 aromatic carbocycles. The van der Waals surface area contributed by atoms with Crippen LogP contribution in [0.25, 0.3) is 0 Å². The SMILES string of the molecule is CNC[C@](C)(O)CO. The Labute approximate surface area is 49.3 Å². The van der Waals surface area contributed by atoms with E-state index in [1.54, 1.807) is 14.0 Å². The Morgan fingerprint density at radius 3 is 2.25 bits per heavy atom. The largest absolute Gasteiger partial charge is 0.393 e. The molecule has 0 radical (unpaired) electrons. The molecule has 0 bridgehead atoms. The van der Waals surface area contributed by atoms with E-state index in [1.165, 1.54) is 0 Å². The van der Waals surface area contributed by atoms with Crippen LogP contribution in [0.15, 0.2) is 0 Å². The summed E-state index contributed by atoms with van der Waals surface area (Å²) in [6.45, 7) is 1.79. The van der Waals surface area contributed by atoms with Crippen molar-refractivity contribution >= 4 is 0 Å². The summed E-state index contributed by atoms with van der Waals surface area (Å²) in [6.07, 6.45) is 0. The maximum absolute atomic E-state index is 9.01. The minimum atomic E-state index is -0.964. The van der Waals surface area contributed by atoms with Gasteiger partial charge in [0.05, 0.1) is 12.2 Å². The van der Waals surface area contributed by atoms with Gasteiger partial charge in [-0.25, -0.2) is 0 Å². The lowest BCUT2D eigenvalue weighted by Crippen LogP contribution is -2.39. The van der Waals surface area contributed by atoms with Crippen LogP contribution in [0.3, 0.4) is 0 Å². The first-order chi connectivity index (χ1) is 3.62. The van der Waals surface area contributed by atoms with E-state index >= 15 is 0 Å². The molecular formula is C5H13NO2. The fourth-order valence-corrected chi connectivity index (χ4v) is 0.437. The van der Waals surface area contributed by atoms with E-state index in [1.807, 2.05) is 0 Å². The Hall–Kier alpha value is -0.120. The normalized spacial score (nSPS) is 18.0. The molecular weight excluding hydrogens is 106 g/mol. The molecule has 3 nitrogen and oxygen atoms in total. The summed E-state index contributed by atoms with van der Waals surface area (Å²) in [7, 11) is 1.73. The van der Waals surface area contributed by atoms with Crippen molar-refractivity contribution < 1.29 is 10.2 Å². The summed E-state index contributed by atoms with van der Waals surface area (Å²) < 4.78 is 0. The lowest BCUT2D eigenvalue weighted by molar-refractivity contribution is 0.00422. The smallest absolute Gasteiger partial charge is 0.0972 e. The number of hydrogen-bond acceptors (Lipinski definition) is 3. The Morgan fingerprint density at radius 1 is 1.62 bits per heavy atom. The monoisotopic (exact) mass is 119 g/mol. The Kier molecular flexibility index (Phi) is 2.97. The second-order valence-electron chi connectivity index (χ2n) is 2.19. The number of likely N-dealkylation sites (N-methyl/N-ethyl adjacent to an activating group) is 1. The van der Waals surface area contributed by atoms with E-state index < -0.39 is 5.60 Å². The van der Waals surface area contributed by atoms with Crippen LogP contribution >= 0.6 is 0 Å². The van der Waals surface area contributed by atoms with Crippen LogP contribution < -0.4 is 5.32 Å². The number of nitrogens with one attached hydrogen (secondary N) is 1. The van der Waals surface area contributed by atoms with Gasteiger partial charge < -0.3 is 15.5 Å². The highest BCUT2D eigenvalue weighted by Crippen LogP contribution is 1.96. The molecule has 0 unspecified atom stereocenters. The molecule has 0 saturated carbocycles. The molecule has 0 saturated heterocycles. The summed E-state index contributed by atoms with van der Waals surface area (Å²) in [5.74, 6) is 0. The molecule has 50 valence electrons. The highest BCUT2D eigenvalue weighted by Gasteiger charge is 2.16. The number of hydrogen-bond donors (Lipinski definition) is 3. The van der Waals surface area contributed by atoms with Crippen LogP contribution in [0.4, 0.5) is 0 Å². The average Bonchev–Trinajstić information content (AvgIpc) is 1.67. The van der Waals surface area contributed by atoms with Crippen molar-refractivity contribution in [2.24, 2.45) is 0 Å². The maximum atomic E-state index is 9.01. The second kappa shape index (κ2) is 3.02. The minimum absolute atomic E-state index is 0.201. The van der Waals surface area contributed by atoms with Crippen LogP contribution in [-0.2, 0) is 0 Å². The van der Waals surface area contributed by atoms with E-state index in [2.05, 4.69) is 5.32 Å². The highest BCUT2D eigenvalue weighted by atomic mass is 16.3. The molecule has 1 atom stereocenters. The predicted octanol–water partition coefficient (Wildman–Crippen LogP) is -1.05. The molecule has 0 aromatic heterocycles. The maximum Gasteiger partial charge on any atom is 0.0972 e. The van der Waals surface area contributed by atoms with E-state index in [-0.39, 0.29) is 6.61 Å². The lowest BCUT2D eigenvalue weighted by atomic mass is 10.1. The summed E-state index contributed by atoms with van der Waals surface area (Å²) >= 11 is 0. The number of rotatable bonds is 3. The molecule has 0 aliphatic heterocycles. The van der Waals surface area contributed by atoms with Crippen molar-refractivity contribution in [1.29, 1.82) is 0 Å². The van der Waals surface area contributed by atoms with Gasteiger partial charge >= 0.3 is 0 Å². The molecule has 0 amide bonds. The zero-order valence-corrected chi connectivity index (χ0v) is 5.31. The van der Waals surface area contributed by atoms with Crippen LogP contribution in [0, 0.1) is 0 Å². The zero-order chi connectivity index (χ0) is 6.62. The van der Waals surface area contributed by atoms with Crippen molar-refractivity contribution in [3.05, 3.63) is 0 Å². The Morgan fingerprint density at radius 2 is 2.12 bits per heavy atom. The van der Waals surface area contributed by atoms with Gasteiger partial charge in [0.1, 0.15) is 0 Å². The van der Waals surface area contributed by atoms with Gasteiger partial charge in [0.15, 0.2) is 0 Å². The third-order valence-corrected chi connectivity index (χ3v) is 0.898. The number of aliphatic hydroxyl groups is 2. The second-order valence-corrected chi connectivity index (χ2v) is 2.19. The van der Waals surface area contributed by atoms with Crippen molar-refractivity contribution in [2.75, 3.05) is 20.2 Å². The van der Waals surface area contributed by atoms with Gasteiger partial charge in [-0.15, -0.1) is 0 Å². The molecule has 8 heavy (non-hydrogen) atoms. The van der Waals surface area contributed by atoms with Crippen LogP contribution in [0.2, 0.25) is 0 Å². The van der Waals surface area contributed by atoms with Crippen molar-refractivity contribution in [2.45, 2.75) is 12.5 Å². The van der Waals surface area contributed by atoms with E-state index in [0.717, 1.165) is 0 Å². The molecule has 0 spiro atoms. The van der Waals surface area contributed by atoms with Gasteiger partial charge in [-0.2, -0.15) is 0 Å². The van der Waals surface area contributed by atoms with Crippen LogP contribution in [0.5, 0.6) is 0 Å². The molecule has 0 aromatic rings. The van der Waals surface area contributed by atoms with Crippen LogP contribution in [-0.4, -0.2) is 36.0 Å². The van der Waals surface area contributed by atoms with Gasteiger partial charge in [0.25, 0.3) is 0 Å². The highest BCUT2D eigenvalue weighted by molar-refractivity contribution is 4.71. The molecule has 3 heteroatoms. The zero-order valence-electron chi connectivity index (χ0n) is 5.31. The summed E-state index contributed by atoms with van der Waals surface area (Å²) in [5.41, 5.74) is -0.964. The third kappa shape index (κ3) is 2.96. The Bertz CT molecular complexity index is 63.4. The van der Waals surface area contributed by atoms with E-state index in [0.29, 0.717) is 6.54 Å². The number of aliphatic hydroxyl groups excluding tert-OH is 1. The average molecular weight is 119 g/mol. The first kappa shape index (κ1) is 7.88. The van der Waals surface area contributed by atoms with E-state index in [9.17, 15) is 0 Å². The first-order valence-electron chi connectivity index (χ1n) is 2.60. The van der Waals surface area contributed by atoms with E-state index in [4.69, 9.17) is 10.2 Å². The fourth-order valence-electron chi connectivity index (χ4n) is 0.437. The van der Waals surface area contributed by atoms with Gasteiger partial charge in [-0.05, 0) is 14.0 Å². The molecule has 3 N–H and O–H groups in total. The quantitative estimate of drug-likeness (QED) is 0.444. The van der Waals surface area contributed by atoms with Crippen molar-refractivity contribution in [1.82, 2.24) is 5.32 Å². The molecule has 0 fully saturated rings. The Balaban J connectivity index is 3.37. The van der Waals surface area contributed by atoms with Gasteiger partial charge in [0.2, 0.25) is 0 Å². The van der Waals surface area contributed by atoms with Gasteiger partial charge in [-0.3, -0.25) is 0 Å². The van der Waals surface area contributed by atoms with Crippen molar-refractivity contribution in [3.8, 4) is 0 Å². The molecule has 0 heterocycles. The summed E-state index contributed by atoms with van der Waals surface area (Å²) in [4.78, 5) is 0. The third-order valence-electron chi connectivity index (χ3n) is 0.898. The molecule has 0 aliphatic rings. The molecule has 0 rings (SSSR count). The van der Waals surface area contributed by atoms with Gasteiger partial charge in [-0.1, -0.05) is 0 Å². The standard InChI is InChI=1S/C5H13NO2/c1-5(8,4-7)3-6-2/h6-8H,3-4H2,1-2H3/t5-/m0/s1. The predicted molar refractivity (Wildman–Crippen MR) is 31.6 cm³/mol. The topological polar surface area (TPSA) is 52.5 Å². The van der Waals surface area contributed by atoms with Gasteiger partial charge in [0, 0.05) is 6.54 Å².